The third-order valence-corrected chi connectivity index (χ3v) is 4.64. The van der Waals surface area contributed by atoms with E-state index in [9.17, 15) is 9.59 Å². The summed E-state index contributed by atoms with van der Waals surface area (Å²) in [6.07, 6.45) is 5.77. The Morgan fingerprint density at radius 3 is 2.46 bits per heavy atom. The molecule has 0 aliphatic carbocycles. The number of unbranched alkanes of at least 4 members (excludes halogenated alkanes) is 2. The van der Waals surface area contributed by atoms with Crippen LogP contribution in [0.15, 0.2) is 10.5 Å². The molecule has 0 N–H and O–H groups in total. The van der Waals surface area contributed by atoms with Gasteiger partial charge in [-0.2, -0.15) is 0 Å². The molecule has 1 aromatic heterocycles. The van der Waals surface area contributed by atoms with Crippen LogP contribution in [-0.4, -0.2) is 47.8 Å². The zero-order valence-corrected chi connectivity index (χ0v) is 15.3. The van der Waals surface area contributed by atoms with Gasteiger partial charge < -0.3 is 14.2 Å². The topological polar surface area (TPSA) is 53.8 Å². The van der Waals surface area contributed by atoms with E-state index in [1.54, 1.807) is 6.07 Å². The molecule has 0 radical (unpaired) electrons. The summed E-state index contributed by atoms with van der Waals surface area (Å²) in [5, 5.41) is 0. The summed E-state index contributed by atoms with van der Waals surface area (Å²) < 4.78 is 5.50. The van der Waals surface area contributed by atoms with E-state index in [2.05, 4.69) is 6.92 Å². The average molecular weight is 334 g/mol. The third kappa shape index (κ3) is 4.86. The largest absolute Gasteiger partial charge is 0.466 e. The second-order valence-electron chi connectivity index (χ2n) is 6.66. The van der Waals surface area contributed by atoms with Gasteiger partial charge in [0.15, 0.2) is 0 Å². The highest BCUT2D eigenvalue weighted by atomic mass is 16.3. The van der Waals surface area contributed by atoms with Crippen molar-refractivity contribution in [3.05, 3.63) is 23.2 Å². The fourth-order valence-corrected chi connectivity index (χ4v) is 3.24. The molecule has 5 heteroatoms. The molecule has 1 aromatic rings. The lowest BCUT2D eigenvalue weighted by Crippen LogP contribution is -2.37. The molecule has 0 aromatic carbocycles. The first-order valence-corrected chi connectivity index (χ1v) is 9.17. The highest BCUT2D eigenvalue weighted by Crippen LogP contribution is 2.17. The van der Waals surface area contributed by atoms with E-state index in [1.165, 1.54) is 0 Å². The van der Waals surface area contributed by atoms with Gasteiger partial charge in [-0.05, 0) is 39.2 Å². The summed E-state index contributed by atoms with van der Waals surface area (Å²) in [5.41, 5.74) is 0.623. The number of hydrogen-bond donors (Lipinski definition) is 0. The molecule has 2 amide bonds. The number of furan rings is 1. The number of nitrogens with zero attached hydrogens (tertiary/aromatic N) is 2. The van der Waals surface area contributed by atoms with E-state index in [-0.39, 0.29) is 11.8 Å². The van der Waals surface area contributed by atoms with Crippen molar-refractivity contribution in [2.75, 3.05) is 26.2 Å². The van der Waals surface area contributed by atoms with E-state index < -0.39 is 0 Å². The van der Waals surface area contributed by atoms with Gasteiger partial charge in [0.25, 0.3) is 5.91 Å². The Hall–Kier alpha value is -1.78. The Morgan fingerprint density at radius 1 is 1.17 bits per heavy atom. The first-order chi connectivity index (χ1) is 11.5. The van der Waals surface area contributed by atoms with E-state index in [1.807, 2.05) is 23.6 Å². The van der Waals surface area contributed by atoms with Gasteiger partial charge in [0, 0.05) is 32.6 Å². The molecular formula is C19H30N2O3. The van der Waals surface area contributed by atoms with Crippen LogP contribution in [0.2, 0.25) is 0 Å². The molecule has 1 aliphatic rings. The van der Waals surface area contributed by atoms with Crippen LogP contribution in [-0.2, 0) is 4.79 Å². The van der Waals surface area contributed by atoms with Gasteiger partial charge >= 0.3 is 0 Å². The van der Waals surface area contributed by atoms with Crippen LogP contribution in [0.25, 0.3) is 0 Å². The Balaban J connectivity index is 1.99. The summed E-state index contributed by atoms with van der Waals surface area (Å²) in [6, 6.07) is 1.80. The molecule has 5 nitrogen and oxygen atoms in total. The summed E-state index contributed by atoms with van der Waals surface area (Å²) in [4.78, 5) is 28.9. The minimum Gasteiger partial charge on any atom is -0.466 e. The standard InChI is InChI=1S/C19H30N2O3/c1-4-5-6-12-21(13-9-18(22)20-10-7-8-11-20)19(23)17-14-15(2)24-16(17)3/h14H,4-13H2,1-3H3. The van der Waals surface area contributed by atoms with Crippen LogP contribution < -0.4 is 0 Å². The van der Waals surface area contributed by atoms with Crippen molar-refractivity contribution >= 4 is 11.8 Å². The second kappa shape index (κ2) is 8.90. The first kappa shape index (κ1) is 18.6. The lowest BCUT2D eigenvalue weighted by atomic mass is 10.1. The first-order valence-electron chi connectivity index (χ1n) is 9.17. The molecule has 0 bridgehead atoms. The Labute approximate surface area is 145 Å². The van der Waals surface area contributed by atoms with Gasteiger partial charge in [-0.15, -0.1) is 0 Å². The summed E-state index contributed by atoms with van der Waals surface area (Å²) in [6.45, 7) is 8.73. The number of aryl methyl sites for hydroxylation is 2. The molecule has 24 heavy (non-hydrogen) atoms. The molecule has 1 aliphatic heterocycles. The van der Waals surface area contributed by atoms with E-state index in [4.69, 9.17) is 4.42 Å². The van der Waals surface area contributed by atoms with Crippen molar-refractivity contribution in [3.8, 4) is 0 Å². The Kier molecular flexibility index (Phi) is 6.88. The lowest BCUT2D eigenvalue weighted by Gasteiger charge is -2.24. The number of rotatable bonds is 8. The quantitative estimate of drug-likeness (QED) is 0.683. The molecule has 2 rings (SSSR count). The van der Waals surface area contributed by atoms with Crippen molar-refractivity contribution in [2.45, 2.75) is 59.3 Å². The number of likely N-dealkylation sites (tertiary alicyclic amines) is 1. The van der Waals surface area contributed by atoms with Gasteiger partial charge in [0.1, 0.15) is 11.5 Å². The van der Waals surface area contributed by atoms with Gasteiger partial charge in [0.05, 0.1) is 5.56 Å². The highest BCUT2D eigenvalue weighted by molar-refractivity contribution is 5.95. The van der Waals surface area contributed by atoms with Crippen LogP contribution in [0.4, 0.5) is 0 Å². The molecule has 0 saturated carbocycles. The van der Waals surface area contributed by atoms with Gasteiger partial charge in [-0.3, -0.25) is 9.59 Å². The van der Waals surface area contributed by atoms with Crippen LogP contribution in [0.5, 0.6) is 0 Å². The molecule has 2 heterocycles. The normalized spacial score (nSPS) is 14.2. The SMILES string of the molecule is CCCCCN(CCC(=O)N1CCCC1)C(=O)c1cc(C)oc1C. The van der Waals surface area contributed by atoms with Crippen molar-refractivity contribution in [1.82, 2.24) is 9.80 Å². The molecule has 0 unspecified atom stereocenters. The zero-order chi connectivity index (χ0) is 17.5. The van der Waals surface area contributed by atoms with Crippen molar-refractivity contribution in [1.29, 1.82) is 0 Å². The molecule has 1 saturated heterocycles. The maximum Gasteiger partial charge on any atom is 0.257 e. The molecule has 1 fully saturated rings. The maximum atomic E-state index is 12.8. The van der Waals surface area contributed by atoms with Crippen LogP contribution in [0, 0.1) is 13.8 Å². The van der Waals surface area contributed by atoms with E-state index in [0.29, 0.717) is 30.8 Å². The van der Waals surface area contributed by atoms with Crippen molar-refractivity contribution < 1.29 is 14.0 Å². The molecule has 0 spiro atoms. The molecular weight excluding hydrogens is 304 g/mol. The fraction of sp³-hybridized carbons (Fsp3) is 0.684. The van der Waals surface area contributed by atoms with Gasteiger partial charge in [-0.1, -0.05) is 19.8 Å². The summed E-state index contributed by atoms with van der Waals surface area (Å²) >= 11 is 0. The smallest absolute Gasteiger partial charge is 0.257 e. The minimum absolute atomic E-state index is 0.0188. The van der Waals surface area contributed by atoms with Crippen molar-refractivity contribution in [2.24, 2.45) is 0 Å². The van der Waals surface area contributed by atoms with Crippen LogP contribution in [0.3, 0.4) is 0 Å². The fourth-order valence-electron chi connectivity index (χ4n) is 3.24. The number of hydrogen-bond acceptors (Lipinski definition) is 3. The predicted molar refractivity (Wildman–Crippen MR) is 94.0 cm³/mol. The van der Waals surface area contributed by atoms with E-state index in [0.717, 1.165) is 51.0 Å². The zero-order valence-electron chi connectivity index (χ0n) is 15.3. The van der Waals surface area contributed by atoms with Crippen LogP contribution >= 0.6 is 0 Å². The predicted octanol–water partition coefficient (Wildman–Crippen LogP) is 3.54. The summed E-state index contributed by atoms with van der Waals surface area (Å²) in [5.74, 6) is 1.55. The maximum absolute atomic E-state index is 12.8. The van der Waals surface area contributed by atoms with Crippen molar-refractivity contribution in [3.63, 3.8) is 0 Å². The highest BCUT2D eigenvalue weighted by Gasteiger charge is 2.23. The third-order valence-electron chi connectivity index (χ3n) is 4.64. The lowest BCUT2D eigenvalue weighted by molar-refractivity contribution is -0.130. The average Bonchev–Trinajstić information content (AvgIpc) is 3.19. The Bertz CT molecular complexity index is 559. The number of amides is 2. The minimum atomic E-state index is -0.0188. The number of carbonyl (C=O) groups excluding carboxylic acids is 2. The van der Waals surface area contributed by atoms with Gasteiger partial charge in [-0.25, -0.2) is 0 Å². The second-order valence-corrected chi connectivity index (χ2v) is 6.66. The van der Waals surface area contributed by atoms with Gasteiger partial charge in [0.2, 0.25) is 5.91 Å². The monoisotopic (exact) mass is 334 g/mol. The summed E-state index contributed by atoms with van der Waals surface area (Å²) in [7, 11) is 0. The molecule has 134 valence electrons. The molecule has 0 atom stereocenters. The number of carbonyl (C=O) groups is 2. The van der Waals surface area contributed by atoms with Crippen LogP contribution in [0.1, 0.15) is 67.3 Å². The Morgan fingerprint density at radius 2 is 1.88 bits per heavy atom. The van der Waals surface area contributed by atoms with E-state index >= 15 is 0 Å².